The highest BCUT2D eigenvalue weighted by molar-refractivity contribution is 9.11. The van der Waals surface area contributed by atoms with Gasteiger partial charge >= 0.3 is 0 Å². The molecule has 7 nitrogen and oxygen atoms in total. The molecule has 0 atom stereocenters. The van der Waals surface area contributed by atoms with Gasteiger partial charge < -0.3 is 10.1 Å². The van der Waals surface area contributed by atoms with E-state index in [1.807, 2.05) is 43.3 Å². The van der Waals surface area contributed by atoms with Crippen molar-refractivity contribution in [3.8, 4) is 0 Å². The van der Waals surface area contributed by atoms with Gasteiger partial charge in [0, 0.05) is 52.9 Å². The molecule has 0 spiro atoms. The topological polar surface area (TPSA) is 78.2 Å². The Morgan fingerprint density at radius 2 is 1.85 bits per heavy atom. The molecule has 9 heteroatoms. The molecule has 2 aromatic carbocycles. The van der Waals surface area contributed by atoms with Gasteiger partial charge in [-0.2, -0.15) is 0 Å². The maximum atomic E-state index is 6.37. The van der Waals surface area contributed by atoms with E-state index in [0.717, 1.165) is 71.6 Å². The van der Waals surface area contributed by atoms with E-state index in [-0.39, 0.29) is 0 Å². The highest BCUT2D eigenvalue weighted by Crippen LogP contribution is 2.26. The second kappa shape index (κ2) is 11.8. The zero-order chi connectivity index (χ0) is 23.0. The van der Waals surface area contributed by atoms with Crippen LogP contribution in [0.4, 0.5) is 5.69 Å². The number of ether oxygens (including phenoxy) is 1. The summed E-state index contributed by atoms with van der Waals surface area (Å²) < 4.78 is 9.70. The number of allylic oxidation sites excluding steroid dienone is 2. The Bertz CT molecular complexity index is 1020. The second-order valence-corrected chi connectivity index (χ2v) is 9.87. The molecule has 2 heterocycles. The Hall–Kier alpha value is -2.14. The third kappa shape index (κ3) is 6.69. The first-order chi connectivity index (χ1) is 16.1. The van der Waals surface area contributed by atoms with Crippen molar-refractivity contribution < 1.29 is 4.74 Å². The van der Waals surface area contributed by atoms with Gasteiger partial charge in [0.25, 0.3) is 0 Å². The molecule has 1 fully saturated rings. The van der Waals surface area contributed by atoms with Crippen LogP contribution >= 0.6 is 27.9 Å². The van der Waals surface area contributed by atoms with Gasteiger partial charge in [-0.05, 0) is 43.1 Å². The van der Waals surface area contributed by atoms with Gasteiger partial charge in [0.1, 0.15) is 5.82 Å². The molecule has 1 saturated heterocycles. The summed E-state index contributed by atoms with van der Waals surface area (Å²) in [5.74, 6) is 7.78. The van der Waals surface area contributed by atoms with Crippen LogP contribution in [0.5, 0.6) is 0 Å². The molecule has 2 aromatic rings. The highest BCUT2D eigenvalue weighted by atomic mass is 79.9. The number of morpholine rings is 1. The summed E-state index contributed by atoms with van der Waals surface area (Å²) in [6.07, 6.45) is 1.96. The summed E-state index contributed by atoms with van der Waals surface area (Å²) >= 11 is 5.18. The van der Waals surface area contributed by atoms with Crippen molar-refractivity contribution in [2.75, 3.05) is 44.7 Å². The summed E-state index contributed by atoms with van der Waals surface area (Å²) in [6, 6.07) is 18.4. The number of nitrogens with two attached hydrogens (primary N) is 1. The van der Waals surface area contributed by atoms with Crippen molar-refractivity contribution in [3.63, 3.8) is 0 Å². The van der Waals surface area contributed by atoms with E-state index in [9.17, 15) is 0 Å². The van der Waals surface area contributed by atoms with Crippen molar-refractivity contribution in [3.05, 3.63) is 82.4 Å². The van der Waals surface area contributed by atoms with E-state index in [4.69, 9.17) is 15.6 Å². The maximum Gasteiger partial charge on any atom is 0.159 e. The summed E-state index contributed by atoms with van der Waals surface area (Å²) in [5.41, 5.74) is 2.84. The Morgan fingerprint density at radius 1 is 1.12 bits per heavy atom. The minimum Gasteiger partial charge on any atom is -0.379 e. The number of anilines is 1. The lowest BCUT2D eigenvalue weighted by Gasteiger charge is -2.28. The number of rotatable bonds is 8. The lowest BCUT2D eigenvalue weighted by atomic mass is 10.1. The fraction of sp³-hybridized carbons (Fsp3) is 0.292. The van der Waals surface area contributed by atoms with E-state index in [1.165, 1.54) is 0 Å². The average molecular weight is 530 g/mol. The number of nitrogens with zero attached hydrogens (tertiary/aromatic N) is 3. The fourth-order valence-corrected chi connectivity index (χ4v) is 4.44. The molecule has 0 saturated carbocycles. The first kappa shape index (κ1) is 24.0. The van der Waals surface area contributed by atoms with E-state index in [0.29, 0.717) is 5.82 Å². The predicted molar refractivity (Wildman–Crippen MR) is 140 cm³/mol. The molecule has 0 radical (unpaired) electrons. The fourth-order valence-electron chi connectivity index (χ4n) is 3.53. The van der Waals surface area contributed by atoms with E-state index >= 15 is 0 Å². The Morgan fingerprint density at radius 3 is 2.55 bits per heavy atom. The molecule has 33 heavy (non-hydrogen) atoms. The number of aliphatic imine (C=N–C) groups is 1. The van der Waals surface area contributed by atoms with Crippen molar-refractivity contribution in [2.45, 2.75) is 11.8 Å². The maximum absolute atomic E-state index is 6.37. The average Bonchev–Trinajstić information content (AvgIpc) is 2.85. The van der Waals surface area contributed by atoms with Gasteiger partial charge in [-0.1, -0.05) is 46.3 Å². The molecule has 0 amide bonds. The number of benzene rings is 2. The monoisotopic (exact) mass is 528 g/mol. The van der Waals surface area contributed by atoms with E-state index in [2.05, 4.69) is 55.1 Å². The van der Waals surface area contributed by atoms with Crippen LogP contribution in [-0.4, -0.2) is 55.0 Å². The van der Waals surface area contributed by atoms with Crippen LogP contribution in [0.2, 0.25) is 0 Å². The van der Waals surface area contributed by atoms with Crippen LogP contribution in [0.3, 0.4) is 0 Å². The number of hydrogen-bond donors (Lipinski definition) is 3. The molecule has 4 N–H and O–H groups in total. The van der Waals surface area contributed by atoms with Gasteiger partial charge in [-0.15, -0.1) is 0 Å². The van der Waals surface area contributed by atoms with Crippen LogP contribution in [0.1, 0.15) is 12.5 Å². The molecule has 0 aliphatic carbocycles. The number of hydrogen-bond acceptors (Lipinski definition) is 8. The van der Waals surface area contributed by atoms with Crippen LogP contribution in [0.25, 0.3) is 0 Å². The molecule has 174 valence electrons. The molecule has 0 unspecified atom stereocenters. The minimum atomic E-state index is 0.662. The van der Waals surface area contributed by atoms with Crippen molar-refractivity contribution in [1.82, 2.24) is 14.6 Å². The number of halogens is 1. The summed E-state index contributed by atoms with van der Waals surface area (Å²) in [6.45, 7) is 7.61. The summed E-state index contributed by atoms with van der Waals surface area (Å²) in [7, 11) is 0. The van der Waals surface area contributed by atoms with E-state index in [1.54, 1.807) is 17.0 Å². The largest absolute Gasteiger partial charge is 0.379 e. The number of nitrogens with one attached hydrogen (secondary N) is 2. The Kier molecular flexibility index (Phi) is 8.60. The zero-order valence-electron chi connectivity index (χ0n) is 18.6. The van der Waals surface area contributed by atoms with Gasteiger partial charge in [0.05, 0.1) is 18.9 Å². The zero-order valence-corrected chi connectivity index (χ0v) is 21.0. The Labute approximate surface area is 208 Å². The molecule has 2 aliphatic rings. The Balaban J connectivity index is 1.37. The molecular formula is C24H29BrN6OS. The minimum absolute atomic E-state index is 0.662. The second-order valence-electron chi connectivity index (χ2n) is 7.72. The normalized spacial score (nSPS) is 18.6. The summed E-state index contributed by atoms with van der Waals surface area (Å²) in [5, 5.41) is 4.99. The third-order valence-electron chi connectivity index (χ3n) is 5.32. The lowest BCUT2D eigenvalue weighted by molar-refractivity contribution is 0.0391. The van der Waals surface area contributed by atoms with Crippen molar-refractivity contribution >= 4 is 39.3 Å². The van der Waals surface area contributed by atoms with Gasteiger partial charge in [0.2, 0.25) is 0 Å². The van der Waals surface area contributed by atoms with Crippen molar-refractivity contribution in [2.24, 2.45) is 10.8 Å². The molecule has 0 bridgehead atoms. The first-order valence-electron chi connectivity index (χ1n) is 10.9. The third-order valence-corrected chi connectivity index (χ3v) is 6.53. The summed E-state index contributed by atoms with van der Waals surface area (Å²) in [4.78, 5) is 8.31. The highest BCUT2D eigenvalue weighted by Gasteiger charge is 2.20. The molecular weight excluding hydrogens is 500 g/mol. The van der Waals surface area contributed by atoms with Crippen LogP contribution < -0.4 is 15.9 Å². The predicted octanol–water partition coefficient (Wildman–Crippen LogP) is 4.13. The molecule has 4 rings (SSSR count). The lowest BCUT2D eigenvalue weighted by Crippen LogP contribution is -2.39. The van der Waals surface area contributed by atoms with Gasteiger partial charge in [0.15, 0.2) is 5.82 Å². The van der Waals surface area contributed by atoms with Crippen LogP contribution in [0.15, 0.2) is 86.7 Å². The number of hydrazine groups is 1. The SMILES string of the molecule is C/C(Br)=C1/N=C(c2ccccc2)C=C(Nc2ccc(SNCCN3CCOCC3)cc2)N1N. The van der Waals surface area contributed by atoms with Gasteiger partial charge in [-0.3, -0.25) is 9.62 Å². The van der Waals surface area contributed by atoms with Crippen LogP contribution in [0, 0.1) is 0 Å². The molecule has 0 aromatic heterocycles. The van der Waals surface area contributed by atoms with E-state index < -0.39 is 0 Å². The van der Waals surface area contributed by atoms with Gasteiger partial charge in [-0.25, -0.2) is 15.8 Å². The molecule has 2 aliphatic heterocycles. The first-order valence-corrected chi connectivity index (χ1v) is 12.5. The van der Waals surface area contributed by atoms with Crippen LogP contribution in [-0.2, 0) is 4.74 Å². The van der Waals surface area contributed by atoms with Crippen molar-refractivity contribution in [1.29, 1.82) is 0 Å². The standard InChI is InChI=1S/C24H29BrN6OS/c1-18(25)24-29-22(19-5-3-2-4-6-19)17-23(31(24)26)28-20-7-9-21(10-8-20)33-27-11-12-30-13-15-32-16-14-30/h2-10,17,27-28H,11-16,26H2,1H3/b24-18+. The quantitative estimate of drug-likeness (QED) is 0.270. The smallest absolute Gasteiger partial charge is 0.159 e.